The van der Waals surface area contributed by atoms with E-state index < -0.39 is 4.92 Å². The maximum absolute atomic E-state index is 11.0. The predicted octanol–water partition coefficient (Wildman–Crippen LogP) is 17.3. The minimum Gasteiger partial charge on any atom is -0.512 e. The fourth-order valence-electron chi connectivity index (χ4n) is 10.0. The van der Waals surface area contributed by atoms with Gasteiger partial charge in [0.15, 0.2) is 17.3 Å². The van der Waals surface area contributed by atoms with Gasteiger partial charge in [-0.3, -0.25) is 24.7 Å². The fraction of sp³-hybridized carbons (Fsp3) is 0.108. The monoisotopic (exact) mass is 1950 g/mol. The van der Waals surface area contributed by atoms with Crippen molar-refractivity contribution >= 4 is 60.3 Å². The van der Waals surface area contributed by atoms with E-state index in [0.717, 1.165) is 76.6 Å². The maximum atomic E-state index is 11.0. The predicted molar refractivity (Wildman–Crippen MR) is 402 cm³/mol. The molecule has 5 heterocycles. The van der Waals surface area contributed by atoms with E-state index in [4.69, 9.17) is 5.11 Å². The summed E-state index contributed by atoms with van der Waals surface area (Å²) >= 11 is 0. The molecule has 0 fully saturated rings. The molecule has 3 radical (unpaired) electrons. The molecule has 0 saturated heterocycles. The summed E-state index contributed by atoms with van der Waals surface area (Å²) in [6.45, 7) is 12.2. The van der Waals surface area contributed by atoms with Gasteiger partial charge in [0.05, 0.1) is 11.5 Å². The Morgan fingerprint density at radius 1 is 0.421 bits per heavy atom. The largest absolute Gasteiger partial charge is 0.512 e. The molecular weight excluding hydrogens is 1880 g/mol. The number of carbonyl (C=O) groups excluding carboxylic acids is 2. The Labute approximate surface area is 658 Å². The number of non-ortho nitro benzene ring substituents is 1. The van der Waals surface area contributed by atoms with E-state index in [9.17, 15) is 24.8 Å². The first kappa shape index (κ1) is 82.4. The van der Waals surface area contributed by atoms with E-state index in [1.807, 2.05) is 179 Å². The second-order valence-corrected chi connectivity index (χ2v) is 23.7. The second kappa shape index (κ2) is 41.0. The van der Waals surface area contributed by atoms with Crippen molar-refractivity contribution in [2.75, 3.05) is 0 Å². The number of benzene rings is 10. The zero-order chi connectivity index (χ0) is 73.3. The van der Waals surface area contributed by atoms with Crippen molar-refractivity contribution in [1.29, 1.82) is 0 Å². The smallest absolute Gasteiger partial charge is 0.220 e. The Morgan fingerprint density at radius 3 is 1.29 bits per heavy atom. The average Bonchev–Trinajstić information content (AvgIpc) is 0.797. The van der Waals surface area contributed by atoms with Gasteiger partial charge in [0.2, 0.25) is 17.5 Å². The molecule has 107 heavy (non-hydrogen) atoms. The van der Waals surface area contributed by atoms with Gasteiger partial charge in [-0.25, -0.2) is 0 Å². The van der Waals surface area contributed by atoms with Gasteiger partial charge in [-0.1, -0.05) is 213 Å². The summed E-state index contributed by atoms with van der Waals surface area (Å²) in [5.41, 5.74) is 7.73. The van der Waals surface area contributed by atoms with Crippen LogP contribution in [0.2, 0.25) is 0 Å². The summed E-state index contributed by atoms with van der Waals surface area (Å²) in [5, 5.41) is 87.3. The molecule has 10 aromatic carbocycles. The van der Waals surface area contributed by atoms with E-state index in [0.29, 0.717) is 40.4 Å². The van der Waals surface area contributed by atoms with E-state index in [1.54, 1.807) is 18.3 Å². The van der Waals surface area contributed by atoms with Gasteiger partial charge in [-0.15, -0.1) is 131 Å². The zero-order valence-electron chi connectivity index (χ0n) is 58.6. The van der Waals surface area contributed by atoms with Crippen molar-refractivity contribution in [2.45, 2.75) is 48.5 Å². The maximum Gasteiger partial charge on any atom is 0.220 e. The molecule has 0 unspecified atom stereocenters. The molecule has 0 aliphatic rings. The van der Waals surface area contributed by atoms with Crippen molar-refractivity contribution in [3.63, 3.8) is 0 Å². The van der Waals surface area contributed by atoms with Crippen LogP contribution in [0.5, 0.6) is 0 Å². The van der Waals surface area contributed by atoms with Crippen LogP contribution < -0.4 is 0 Å². The molecule has 0 saturated carbocycles. The molecule has 0 atom stereocenters. The van der Waals surface area contributed by atoms with Gasteiger partial charge >= 0.3 is 0 Å². The summed E-state index contributed by atoms with van der Waals surface area (Å²) in [6.07, 6.45) is 5.93. The van der Waals surface area contributed by atoms with E-state index in [2.05, 4.69) is 157 Å². The topological polar surface area (TPSA) is 298 Å². The van der Waals surface area contributed by atoms with Gasteiger partial charge in [-0.2, -0.15) is 30.6 Å². The Kier molecular flexibility index (Phi) is 31.6. The van der Waals surface area contributed by atoms with Crippen LogP contribution in [0.4, 0.5) is 5.69 Å². The summed E-state index contributed by atoms with van der Waals surface area (Å²) in [4.78, 5) is 39.5. The van der Waals surface area contributed by atoms with Crippen LogP contribution in [-0.2, 0) is 69.9 Å². The van der Waals surface area contributed by atoms with Gasteiger partial charge in [0.1, 0.15) is 23.2 Å². The molecule has 24 heteroatoms. The number of aromatic nitrogens is 14. The Bertz CT molecular complexity index is 5060. The third-order valence-electron chi connectivity index (χ3n) is 15.3. The van der Waals surface area contributed by atoms with Crippen LogP contribution >= 0.6 is 0 Å². The summed E-state index contributed by atoms with van der Waals surface area (Å²) in [5.74, 6) is 2.64. The molecular formula is C83H67Ir3N15O6-4. The van der Waals surface area contributed by atoms with E-state index >= 15 is 0 Å². The molecule has 0 spiro atoms. The van der Waals surface area contributed by atoms with Gasteiger partial charge in [0.25, 0.3) is 0 Å². The van der Waals surface area contributed by atoms with Gasteiger partial charge in [-0.05, 0) is 66.2 Å². The number of allylic oxidation sites excluding steroid dienone is 4. The third-order valence-corrected chi connectivity index (χ3v) is 15.3. The number of carbonyl (C=O) groups is 2. The third kappa shape index (κ3) is 23.1. The van der Waals surface area contributed by atoms with Crippen molar-refractivity contribution in [3.8, 4) is 79.7 Å². The molecule has 15 aromatic rings. The first-order valence-corrected chi connectivity index (χ1v) is 32.8. The molecule has 2 N–H and O–H groups in total. The number of aliphatic hydroxyl groups excluding tert-OH is 2. The number of ketones is 2. The number of nitro groups is 1. The van der Waals surface area contributed by atoms with Gasteiger partial charge < -0.3 is 15.2 Å². The first-order valence-electron chi connectivity index (χ1n) is 32.8. The summed E-state index contributed by atoms with van der Waals surface area (Å²) in [7, 11) is 0. The fourth-order valence-corrected chi connectivity index (χ4v) is 10.0. The number of pyridine rings is 2. The molecule has 0 amide bonds. The van der Waals surface area contributed by atoms with Crippen LogP contribution in [0.1, 0.15) is 47.1 Å². The minimum absolute atomic E-state index is 0. The number of nitro benzene ring substituents is 1. The van der Waals surface area contributed by atoms with E-state index in [-0.39, 0.29) is 107 Å². The molecule has 15 rings (SSSR count). The molecule has 541 valence electrons. The quantitative estimate of drug-likeness (QED) is 0.0377. The number of hydrogen-bond acceptors (Lipinski definition) is 20. The van der Waals surface area contributed by atoms with Crippen LogP contribution in [-0.4, -0.2) is 97.9 Å². The van der Waals surface area contributed by atoms with Gasteiger partial charge in [0, 0.05) is 113 Å². The number of rotatable bonds is 12. The number of aryl methyl sites for hydroxylation is 1. The molecule has 21 nitrogen and oxygen atoms in total. The van der Waals surface area contributed by atoms with Crippen LogP contribution in [0.25, 0.3) is 123 Å². The Hall–Kier alpha value is -11.9. The van der Waals surface area contributed by atoms with Crippen molar-refractivity contribution in [3.05, 3.63) is 307 Å². The standard InChI is InChI=1S/2C22H13N4.C13H7N6O2.C12H10N.C9H16O2.C5H8O2.3Ir/c2*1-3-11-17-15(7-1)9-5-13-19(17)21-23-25-22(26-24-21)20-14-6-10-16-8-2-4-12-18(16)20;20-19(21)10-6-4-9(5-7-10)12-15-17-13(18-16-12)11-3-1-2-8-14-11;1-10-7-8-13-12(9-10)11-5-3-2-4-6-11;1-6(2)8(10)5-9(11)7(3)4;1-4(6)3-5(2)7;;;/h2*1-13H;1-4,6-8H;2-5,7-9H,1H3;5-7,10H,1-4H3;3,6H,1-2H3;;;/q4*-1;;;;;. The van der Waals surface area contributed by atoms with Crippen LogP contribution in [0.15, 0.2) is 267 Å². The Balaban J connectivity index is 0.000000187. The number of aliphatic hydroxyl groups is 2. The number of hydrogen-bond donors (Lipinski definition) is 2. The van der Waals surface area contributed by atoms with Crippen LogP contribution in [0, 0.1) is 53.1 Å². The normalized spacial score (nSPS) is 10.7. The molecule has 0 bridgehead atoms. The minimum atomic E-state index is -0.498. The Morgan fingerprint density at radius 2 is 0.869 bits per heavy atom. The van der Waals surface area contributed by atoms with Crippen molar-refractivity contribution < 1.29 is 85.0 Å². The summed E-state index contributed by atoms with van der Waals surface area (Å²) in [6, 6.07) is 86.0. The summed E-state index contributed by atoms with van der Waals surface area (Å²) < 4.78 is 0. The SMILES string of the molecule is CC(=O)C=C(C)O.CC(C)C(=O)C=C(O)C(C)C.Cc1ccnc(-c2[c-]cccc2)c1.O=[N+]([O-])c1c[c-]c(-c2nnc(-c3ccccn3)nn2)cc1.[Ir].[Ir].[Ir].[c-]1ccc2ccccc2c1-c1nnc(-c2cccc3ccccc23)nn1.[c-]1ccc2ccccc2c1-c1nnc(-c2cccc3ccccc23)nn1. The average molecular weight is 1950 g/mol. The number of nitrogens with zero attached hydrogens (tertiary/aromatic N) is 15. The molecule has 5 aromatic heterocycles. The molecule has 0 aliphatic carbocycles. The number of fused-ring (bicyclic) bond motifs is 4. The second-order valence-electron chi connectivity index (χ2n) is 23.7. The van der Waals surface area contributed by atoms with Crippen LogP contribution in [0.3, 0.4) is 0 Å². The first-order chi connectivity index (χ1) is 50.5. The van der Waals surface area contributed by atoms with Crippen molar-refractivity contribution in [2.24, 2.45) is 11.8 Å². The zero-order valence-corrected chi connectivity index (χ0v) is 65.8. The van der Waals surface area contributed by atoms with Crippen molar-refractivity contribution in [1.82, 2.24) is 71.2 Å². The molecule has 0 aliphatic heterocycles. The van der Waals surface area contributed by atoms with E-state index in [1.165, 1.54) is 49.8 Å².